The highest BCUT2D eigenvalue weighted by Gasteiger charge is 2.38. The highest BCUT2D eigenvalue weighted by atomic mass is 32.2. The first-order chi connectivity index (χ1) is 9.57. The zero-order valence-corrected chi connectivity index (χ0v) is 12.0. The molecule has 1 heterocycles. The zero-order valence-electron chi connectivity index (χ0n) is 11.1. The molecule has 1 aliphatic carbocycles. The van der Waals surface area contributed by atoms with Crippen molar-refractivity contribution in [2.75, 3.05) is 0 Å². The van der Waals surface area contributed by atoms with Gasteiger partial charge in [-0.3, -0.25) is 4.79 Å². The second kappa shape index (κ2) is 5.10. The molecule has 5 N–H and O–H groups in total. The first kappa shape index (κ1) is 13.5. The molecule has 1 aliphatic rings. The van der Waals surface area contributed by atoms with Crippen molar-refractivity contribution in [1.82, 2.24) is 9.97 Å². The Bertz CT molecular complexity index is 608. The standard InChI is InChI=1S/C14H18N4OS/c15-12(19)14(16)7-3-4-9(8-14)20-13-17-10-5-1-2-6-11(10)18-13/h1-2,5-6,9H,3-4,7-8,16H2,(H2,15,19)(H,17,18). The van der Waals surface area contributed by atoms with Crippen LogP contribution < -0.4 is 11.5 Å². The van der Waals surface area contributed by atoms with Gasteiger partial charge in [-0.1, -0.05) is 23.9 Å². The van der Waals surface area contributed by atoms with Crippen molar-refractivity contribution in [2.24, 2.45) is 11.5 Å². The molecule has 0 saturated heterocycles. The number of imidazole rings is 1. The molecule has 0 spiro atoms. The number of hydrogen-bond donors (Lipinski definition) is 3. The van der Waals surface area contributed by atoms with Crippen LogP contribution in [0.1, 0.15) is 25.7 Å². The summed E-state index contributed by atoms with van der Waals surface area (Å²) in [5.41, 5.74) is 12.7. The average molecular weight is 290 g/mol. The number of nitrogens with zero attached hydrogens (tertiary/aromatic N) is 1. The lowest BCUT2D eigenvalue weighted by atomic mass is 9.82. The summed E-state index contributed by atoms with van der Waals surface area (Å²) in [4.78, 5) is 19.3. The lowest BCUT2D eigenvalue weighted by Gasteiger charge is -2.34. The summed E-state index contributed by atoms with van der Waals surface area (Å²) >= 11 is 1.66. The summed E-state index contributed by atoms with van der Waals surface area (Å²) in [6.07, 6.45) is 3.26. The van der Waals surface area contributed by atoms with Gasteiger partial charge in [-0.15, -0.1) is 0 Å². The van der Waals surface area contributed by atoms with Crippen molar-refractivity contribution in [2.45, 2.75) is 41.6 Å². The topological polar surface area (TPSA) is 97.8 Å². The number of para-hydroxylation sites is 2. The third-order valence-electron chi connectivity index (χ3n) is 3.88. The van der Waals surface area contributed by atoms with E-state index in [1.807, 2.05) is 24.3 Å². The highest BCUT2D eigenvalue weighted by Crippen LogP contribution is 2.36. The molecular formula is C14H18N4OS. The second-order valence-electron chi connectivity index (χ2n) is 5.42. The van der Waals surface area contributed by atoms with Crippen molar-refractivity contribution in [3.8, 4) is 0 Å². The molecule has 2 atom stereocenters. The van der Waals surface area contributed by atoms with Crippen LogP contribution in [0.4, 0.5) is 0 Å². The Morgan fingerprint density at radius 1 is 1.45 bits per heavy atom. The molecule has 0 aliphatic heterocycles. The molecule has 1 aromatic heterocycles. The normalized spacial score (nSPS) is 26.8. The molecule has 106 valence electrons. The molecule has 5 nitrogen and oxygen atoms in total. The fourth-order valence-electron chi connectivity index (χ4n) is 2.72. The lowest BCUT2D eigenvalue weighted by Crippen LogP contribution is -2.55. The number of H-pyrrole nitrogens is 1. The Balaban J connectivity index is 1.75. The highest BCUT2D eigenvalue weighted by molar-refractivity contribution is 7.99. The predicted octanol–water partition coefficient (Wildman–Crippen LogP) is 1.78. The summed E-state index contributed by atoms with van der Waals surface area (Å²) in [7, 11) is 0. The van der Waals surface area contributed by atoms with Crippen LogP contribution in [-0.2, 0) is 4.79 Å². The average Bonchev–Trinajstić information content (AvgIpc) is 2.80. The molecule has 1 fully saturated rings. The first-order valence-electron chi connectivity index (χ1n) is 6.77. The van der Waals surface area contributed by atoms with Crippen molar-refractivity contribution in [1.29, 1.82) is 0 Å². The predicted molar refractivity (Wildman–Crippen MR) is 80.3 cm³/mol. The van der Waals surface area contributed by atoms with E-state index in [0.29, 0.717) is 12.8 Å². The van der Waals surface area contributed by atoms with E-state index < -0.39 is 11.4 Å². The molecule has 1 aromatic carbocycles. The number of aromatic amines is 1. The van der Waals surface area contributed by atoms with E-state index in [1.54, 1.807) is 11.8 Å². The Morgan fingerprint density at radius 3 is 3.00 bits per heavy atom. The van der Waals surface area contributed by atoms with Crippen LogP contribution in [0.15, 0.2) is 29.4 Å². The van der Waals surface area contributed by atoms with Crippen LogP contribution in [0.3, 0.4) is 0 Å². The summed E-state index contributed by atoms with van der Waals surface area (Å²) in [5.74, 6) is -0.396. The van der Waals surface area contributed by atoms with Gasteiger partial charge >= 0.3 is 0 Å². The van der Waals surface area contributed by atoms with Gasteiger partial charge in [0.1, 0.15) is 0 Å². The third-order valence-corrected chi connectivity index (χ3v) is 5.03. The number of rotatable bonds is 3. The van der Waals surface area contributed by atoms with Crippen molar-refractivity contribution in [3.05, 3.63) is 24.3 Å². The molecule has 1 saturated carbocycles. The monoisotopic (exact) mass is 290 g/mol. The number of aromatic nitrogens is 2. The molecular weight excluding hydrogens is 272 g/mol. The van der Waals surface area contributed by atoms with E-state index in [2.05, 4.69) is 9.97 Å². The number of nitrogens with one attached hydrogen (secondary N) is 1. The zero-order chi connectivity index (χ0) is 14.2. The second-order valence-corrected chi connectivity index (χ2v) is 6.70. The van der Waals surface area contributed by atoms with E-state index in [1.165, 1.54) is 0 Å². The van der Waals surface area contributed by atoms with Crippen molar-refractivity contribution >= 4 is 28.7 Å². The Labute approximate surface area is 121 Å². The lowest BCUT2D eigenvalue weighted by molar-refractivity contribution is -0.124. The minimum atomic E-state index is -0.859. The Hall–Kier alpha value is -1.53. The van der Waals surface area contributed by atoms with Crippen LogP contribution in [0, 0.1) is 0 Å². The van der Waals surface area contributed by atoms with Crippen molar-refractivity contribution in [3.63, 3.8) is 0 Å². The smallest absolute Gasteiger partial charge is 0.237 e. The Morgan fingerprint density at radius 2 is 2.25 bits per heavy atom. The molecule has 2 unspecified atom stereocenters. The minimum absolute atomic E-state index is 0.279. The maximum Gasteiger partial charge on any atom is 0.237 e. The maximum absolute atomic E-state index is 11.5. The van der Waals surface area contributed by atoms with E-state index in [-0.39, 0.29) is 5.25 Å². The number of thioether (sulfide) groups is 1. The van der Waals surface area contributed by atoms with Gasteiger partial charge in [0.2, 0.25) is 5.91 Å². The fourth-order valence-corrected chi connectivity index (χ4v) is 4.02. The van der Waals surface area contributed by atoms with Gasteiger partial charge in [0, 0.05) is 5.25 Å². The molecule has 0 radical (unpaired) electrons. The number of nitrogens with two attached hydrogens (primary N) is 2. The van der Waals surface area contributed by atoms with Gasteiger partial charge in [-0.25, -0.2) is 4.98 Å². The van der Waals surface area contributed by atoms with Crippen LogP contribution >= 0.6 is 11.8 Å². The molecule has 6 heteroatoms. The van der Waals surface area contributed by atoms with Crippen LogP contribution in [-0.4, -0.2) is 26.7 Å². The summed E-state index contributed by atoms with van der Waals surface area (Å²) < 4.78 is 0. The SMILES string of the molecule is NC(=O)C1(N)CCCC(Sc2nc3ccccc3[nH]2)C1. The van der Waals surface area contributed by atoms with Gasteiger partial charge < -0.3 is 16.5 Å². The number of hydrogen-bond acceptors (Lipinski definition) is 4. The van der Waals surface area contributed by atoms with Gasteiger partial charge in [0.25, 0.3) is 0 Å². The van der Waals surface area contributed by atoms with Gasteiger partial charge in [0.05, 0.1) is 16.6 Å². The maximum atomic E-state index is 11.5. The molecule has 0 bridgehead atoms. The van der Waals surface area contributed by atoms with Crippen LogP contribution in [0.25, 0.3) is 11.0 Å². The Kier molecular flexibility index (Phi) is 3.43. The van der Waals surface area contributed by atoms with E-state index in [9.17, 15) is 4.79 Å². The fraction of sp³-hybridized carbons (Fsp3) is 0.429. The van der Waals surface area contributed by atoms with E-state index in [4.69, 9.17) is 11.5 Å². The third kappa shape index (κ3) is 2.53. The molecule has 20 heavy (non-hydrogen) atoms. The largest absolute Gasteiger partial charge is 0.368 e. The van der Waals surface area contributed by atoms with E-state index in [0.717, 1.165) is 29.0 Å². The van der Waals surface area contributed by atoms with Crippen LogP contribution in [0.2, 0.25) is 0 Å². The summed E-state index contributed by atoms with van der Waals surface area (Å²) in [6, 6.07) is 7.93. The summed E-state index contributed by atoms with van der Waals surface area (Å²) in [6.45, 7) is 0. The quantitative estimate of drug-likeness (QED) is 0.802. The van der Waals surface area contributed by atoms with Gasteiger partial charge in [-0.05, 0) is 37.8 Å². The molecule has 2 aromatic rings. The number of benzene rings is 1. The number of primary amides is 1. The minimum Gasteiger partial charge on any atom is -0.368 e. The number of carbonyl (C=O) groups excluding carboxylic acids is 1. The van der Waals surface area contributed by atoms with E-state index >= 15 is 0 Å². The number of carbonyl (C=O) groups is 1. The van der Waals surface area contributed by atoms with Gasteiger partial charge in [-0.2, -0.15) is 0 Å². The van der Waals surface area contributed by atoms with Crippen molar-refractivity contribution < 1.29 is 4.79 Å². The molecule has 1 amide bonds. The van der Waals surface area contributed by atoms with Gasteiger partial charge in [0.15, 0.2) is 5.16 Å². The number of amides is 1. The number of fused-ring (bicyclic) bond motifs is 1. The molecule has 3 rings (SSSR count). The van der Waals surface area contributed by atoms with Crippen LogP contribution in [0.5, 0.6) is 0 Å². The summed E-state index contributed by atoms with van der Waals surface area (Å²) in [5, 5.41) is 1.16. The first-order valence-corrected chi connectivity index (χ1v) is 7.65.